The minimum atomic E-state index is -0.738. The van der Waals surface area contributed by atoms with Crippen LogP contribution in [-0.2, 0) is 0 Å². The number of aliphatic hydroxyl groups is 1. The first-order valence-corrected chi connectivity index (χ1v) is 7.80. The van der Waals surface area contributed by atoms with Gasteiger partial charge in [0.05, 0.1) is 6.10 Å². The van der Waals surface area contributed by atoms with Crippen molar-refractivity contribution in [3.8, 4) is 0 Å². The average Bonchev–Trinajstić information content (AvgIpc) is 2.47. The summed E-state index contributed by atoms with van der Waals surface area (Å²) in [4.78, 5) is 4.67. The molecule has 1 heterocycles. The molecule has 2 unspecified atom stereocenters. The van der Waals surface area contributed by atoms with Crippen molar-refractivity contribution < 1.29 is 9.50 Å². The summed E-state index contributed by atoms with van der Waals surface area (Å²) >= 11 is 0. The van der Waals surface area contributed by atoms with Crippen LogP contribution >= 0.6 is 0 Å². The number of rotatable bonds is 5. The number of aliphatic hydroxyl groups excluding tert-OH is 1. The van der Waals surface area contributed by atoms with Gasteiger partial charge in [0.2, 0.25) is 0 Å². The second kappa shape index (κ2) is 7.34. The third kappa shape index (κ3) is 4.25. The second-order valence-corrected chi connectivity index (χ2v) is 6.44. The van der Waals surface area contributed by atoms with Crippen LogP contribution in [0.4, 0.5) is 4.39 Å². The van der Waals surface area contributed by atoms with Crippen molar-refractivity contribution in [1.82, 2.24) is 9.80 Å². The molecule has 1 aliphatic rings. The van der Waals surface area contributed by atoms with Crippen molar-refractivity contribution in [2.45, 2.75) is 31.9 Å². The molecule has 1 fully saturated rings. The van der Waals surface area contributed by atoms with Crippen LogP contribution in [0.2, 0.25) is 0 Å². The lowest BCUT2D eigenvalue weighted by molar-refractivity contribution is 0.0676. The summed E-state index contributed by atoms with van der Waals surface area (Å²) in [5.41, 5.74) is 0.410. The Labute approximate surface area is 127 Å². The number of nitrogens with zero attached hydrogens (tertiary/aromatic N) is 2. The number of hydrogen-bond donors (Lipinski definition) is 1. The van der Waals surface area contributed by atoms with E-state index in [1.807, 2.05) is 6.92 Å². The Morgan fingerprint density at radius 2 is 1.90 bits per heavy atom. The normalized spacial score (nSPS) is 20.7. The Kier molecular flexibility index (Phi) is 5.73. The lowest BCUT2D eigenvalue weighted by Crippen LogP contribution is -2.43. The maximum Gasteiger partial charge on any atom is 0.129 e. The van der Waals surface area contributed by atoms with Gasteiger partial charge in [-0.3, -0.25) is 0 Å². The third-order valence-electron chi connectivity index (χ3n) is 4.60. The van der Waals surface area contributed by atoms with E-state index in [2.05, 4.69) is 23.9 Å². The van der Waals surface area contributed by atoms with Crippen LogP contribution in [-0.4, -0.2) is 54.7 Å². The molecule has 1 aromatic rings. The van der Waals surface area contributed by atoms with Crippen LogP contribution in [0, 0.1) is 11.7 Å². The van der Waals surface area contributed by atoms with E-state index >= 15 is 0 Å². The molecular weight excluding hydrogens is 267 g/mol. The Hall–Kier alpha value is -0.970. The highest BCUT2D eigenvalue weighted by atomic mass is 19.1. The molecule has 0 amide bonds. The van der Waals surface area contributed by atoms with Gasteiger partial charge >= 0.3 is 0 Å². The smallest absolute Gasteiger partial charge is 0.129 e. The monoisotopic (exact) mass is 294 g/mol. The molecule has 1 aromatic carbocycles. The zero-order chi connectivity index (χ0) is 15.4. The van der Waals surface area contributed by atoms with Crippen molar-refractivity contribution in [3.05, 3.63) is 35.6 Å². The quantitative estimate of drug-likeness (QED) is 0.904. The second-order valence-electron chi connectivity index (χ2n) is 6.44. The molecule has 0 bridgehead atoms. The van der Waals surface area contributed by atoms with Gasteiger partial charge < -0.3 is 14.9 Å². The van der Waals surface area contributed by atoms with E-state index in [1.54, 1.807) is 18.2 Å². The molecule has 118 valence electrons. The highest BCUT2D eigenvalue weighted by molar-refractivity contribution is 5.20. The zero-order valence-electron chi connectivity index (χ0n) is 13.3. The summed E-state index contributed by atoms with van der Waals surface area (Å²) in [5, 5.41) is 10.4. The van der Waals surface area contributed by atoms with E-state index in [-0.39, 0.29) is 11.7 Å². The number of hydrogen-bond acceptors (Lipinski definition) is 3. The summed E-state index contributed by atoms with van der Waals surface area (Å²) in [7, 11) is 4.26. The van der Waals surface area contributed by atoms with E-state index in [0.717, 1.165) is 32.5 Å². The van der Waals surface area contributed by atoms with Crippen LogP contribution in [0.1, 0.15) is 31.4 Å². The summed E-state index contributed by atoms with van der Waals surface area (Å²) < 4.78 is 13.7. The SMILES string of the molecule is CC(CN1CCC(N(C)C)CC1)C(O)c1ccccc1F. The lowest BCUT2D eigenvalue weighted by atomic mass is 9.95. The van der Waals surface area contributed by atoms with E-state index in [4.69, 9.17) is 0 Å². The van der Waals surface area contributed by atoms with Crippen molar-refractivity contribution in [2.75, 3.05) is 33.7 Å². The standard InChI is InChI=1S/C17H27FN2O/c1-13(17(21)15-6-4-5-7-16(15)18)12-20-10-8-14(9-11-20)19(2)3/h4-7,13-14,17,21H,8-12H2,1-3H3. The fourth-order valence-corrected chi connectivity index (χ4v) is 3.15. The number of benzene rings is 1. The Balaban J connectivity index is 1.87. The molecule has 0 aliphatic carbocycles. The van der Waals surface area contributed by atoms with Gasteiger partial charge in [-0.25, -0.2) is 4.39 Å². The molecule has 21 heavy (non-hydrogen) atoms. The highest BCUT2D eigenvalue weighted by Gasteiger charge is 2.25. The molecule has 2 atom stereocenters. The van der Waals surface area contributed by atoms with Gasteiger partial charge in [0.15, 0.2) is 0 Å². The van der Waals surface area contributed by atoms with Crippen LogP contribution < -0.4 is 0 Å². The van der Waals surface area contributed by atoms with Crippen LogP contribution in [0.3, 0.4) is 0 Å². The van der Waals surface area contributed by atoms with Crippen molar-refractivity contribution >= 4 is 0 Å². The first-order chi connectivity index (χ1) is 9.99. The number of likely N-dealkylation sites (tertiary alicyclic amines) is 1. The van der Waals surface area contributed by atoms with E-state index < -0.39 is 6.10 Å². The number of piperidine rings is 1. The van der Waals surface area contributed by atoms with Gasteiger partial charge in [-0.05, 0) is 52.0 Å². The fraction of sp³-hybridized carbons (Fsp3) is 0.647. The molecule has 0 aromatic heterocycles. The maximum absolute atomic E-state index is 13.7. The molecule has 1 N–H and O–H groups in total. The molecule has 4 heteroatoms. The van der Waals surface area contributed by atoms with Gasteiger partial charge in [0.25, 0.3) is 0 Å². The van der Waals surface area contributed by atoms with Crippen LogP contribution in [0.5, 0.6) is 0 Å². The first-order valence-electron chi connectivity index (χ1n) is 7.80. The van der Waals surface area contributed by atoms with E-state index in [9.17, 15) is 9.50 Å². The van der Waals surface area contributed by atoms with Gasteiger partial charge in [0.1, 0.15) is 5.82 Å². The largest absolute Gasteiger partial charge is 0.388 e. The van der Waals surface area contributed by atoms with Gasteiger partial charge in [-0.2, -0.15) is 0 Å². The first kappa shape index (κ1) is 16.4. The fourth-order valence-electron chi connectivity index (χ4n) is 3.15. The molecule has 0 spiro atoms. The van der Waals surface area contributed by atoms with Gasteiger partial charge in [0, 0.05) is 18.2 Å². The lowest BCUT2D eigenvalue weighted by Gasteiger charge is -2.37. The predicted molar refractivity (Wildman–Crippen MR) is 83.7 cm³/mol. The van der Waals surface area contributed by atoms with Crippen molar-refractivity contribution in [2.24, 2.45) is 5.92 Å². The molecule has 1 aliphatic heterocycles. The average molecular weight is 294 g/mol. The minimum absolute atomic E-state index is 0.0257. The summed E-state index contributed by atoms with van der Waals surface area (Å²) in [6.07, 6.45) is 1.59. The predicted octanol–water partition coefficient (Wildman–Crippen LogP) is 2.52. The van der Waals surface area contributed by atoms with Crippen molar-refractivity contribution in [3.63, 3.8) is 0 Å². The Morgan fingerprint density at radius 3 is 2.48 bits per heavy atom. The van der Waals surface area contributed by atoms with E-state index in [0.29, 0.717) is 11.6 Å². The topological polar surface area (TPSA) is 26.7 Å². The van der Waals surface area contributed by atoms with Gasteiger partial charge in [-0.1, -0.05) is 25.1 Å². The third-order valence-corrected chi connectivity index (χ3v) is 4.60. The maximum atomic E-state index is 13.7. The highest BCUT2D eigenvalue weighted by Crippen LogP contribution is 2.26. The van der Waals surface area contributed by atoms with Crippen LogP contribution in [0.25, 0.3) is 0 Å². The summed E-state index contributed by atoms with van der Waals surface area (Å²) in [6, 6.07) is 7.18. The summed E-state index contributed by atoms with van der Waals surface area (Å²) in [5.74, 6) is -0.291. The van der Waals surface area contributed by atoms with Gasteiger partial charge in [-0.15, -0.1) is 0 Å². The molecule has 0 radical (unpaired) electrons. The number of halogens is 1. The minimum Gasteiger partial charge on any atom is -0.388 e. The molecular formula is C17H27FN2O. The van der Waals surface area contributed by atoms with Crippen molar-refractivity contribution in [1.29, 1.82) is 0 Å². The zero-order valence-corrected chi connectivity index (χ0v) is 13.3. The molecule has 2 rings (SSSR count). The Morgan fingerprint density at radius 1 is 1.29 bits per heavy atom. The van der Waals surface area contributed by atoms with Crippen LogP contribution in [0.15, 0.2) is 24.3 Å². The van der Waals surface area contributed by atoms with E-state index in [1.165, 1.54) is 6.07 Å². The summed E-state index contributed by atoms with van der Waals surface area (Å²) in [6.45, 7) is 4.92. The molecule has 1 saturated heterocycles. The molecule has 0 saturated carbocycles. The Bertz CT molecular complexity index is 444. The molecule has 3 nitrogen and oxygen atoms in total.